The minimum atomic E-state index is 0.312. The average molecular weight is 488 g/mol. The van der Waals surface area contributed by atoms with E-state index in [0.717, 1.165) is 58.3 Å². The molecule has 5 nitrogen and oxygen atoms in total. The van der Waals surface area contributed by atoms with E-state index < -0.39 is 0 Å². The zero-order chi connectivity index (χ0) is 26.7. The number of nitrogens with zero attached hydrogens (tertiary/aromatic N) is 2. The Kier molecular flexibility index (Phi) is 11.3. The maximum absolute atomic E-state index is 6.40. The summed E-state index contributed by atoms with van der Waals surface area (Å²) in [6, 6.07) is 2.32. The van der Waals surface area contributed by atoms with Gasteiger partial charge in [0.15, 0.2) is 0 Å². The van der Waals surface area contributed by atoms with Crippen LogP contribution in [0, 0.1) is 6.92 Å². The highest BCUT2D eigenvalue weighted by Crippen LogP contribution is 2.29. The first-order chi connectivity index (χ1) is 17.2. The standard InChI is InChI=1S/C31H45N5/c1-9-26(21-28(10-2)34-22(4)5)23(6)19-27(29(32)11-3)20-24(7)35-30-15-16-33-31(25(30)8)36-17-13-12-14-18-36/h9-11,15-16,19,21-22,34H,2,6-7,12-14,17-18,20,32H2,1,3-5,8H3,(H,33,35)/b26-9+,27-19-,28-21+,29-11+. The smallest absolute Gasteiger partial charge is 0.133 e. The molecule has 1 fully saturated rings. The van der Waals surface area contributed by atoms with Crippen molar-refractivity contribution in [2.45, 2.75) is 66.3 Å². The van der Waals surface area contributed by atoms with Crippen LogP contribution >= 0.6 is 0 Å². The summed E-state index contributed by atoms with van der Waals surface area (Å²) in [5.41, 5.74) is 14.0. The van der Waals surface area contributed by atoms with Crippen LogP contribution in [-0.4, -0.2) is 24.1 Å². The van der Waals surface area contributed by atoms with Gasteiger partial charge in [0.2, 0.25) is 0 Å². The molecule has 1 aromatic rings. The van der Waals surface area contributed by atoms with E-state index >= 15 is 0 Å². The lowest BCUT2D eigenvalue weighted by molar-refractivity contribution is 0.572. The van der Waals surface area contributed by atoms with Crippen LogP contribution in [0.25, 0.3) is 0 Å². The molecule has 1 aromatic heterocycles. The van der Waals surface area contributed by atoms with Gasteiger partial charge in [-0.1, -0.05) is 31.9 Å². The average Bonchev–Trinajstić information content (AvgIpc) is 2.86. The van der Waals surface area contributed by atoms with Crippen molar-refractivity contribution in [3.05, 3.63) is 102 Å². The number of nitrogens with two attached hydrogens (primary N) is 1. The van der Waals surface area contributed by atoms with Gasteiger partial charge in [0.25, 0.3) is 0 Å². The van der Waals surface area contributed by atoms with Gasteiger partial charge in [-0.2, -0.15) is 0 Å². The van der Waals surface area contributed by atoms with E-state index in [0.29, 0.717) is 18.2 Å². The third-order valence-corrected chi connectivity index (χ3v) is 6.25. The van der Waals surface area contributed by atoms with Gasteiger partial charge < -0.3 is 21.3 Å². The quantitative estimate of drug-likeness (QED) is 0.276. The Labute approximate surface area is 219 Å². The molecule has 0 radical (unpaired) electrons. The fourth-order valence-electron chi connectivity index (χ4n) is 4.29. The first-order valence-electron chi connectivity index (χ1n) is 12.9. The number of hydrogen-bond acceptors (Lipinski definition) is 5. The van der Waals surface area contributed by atoms with Crippen LogP contribution in [0.4, 0.5) is 11.5 Å². The predicted octanol–water partition coefficient (Wildman–Crippen LogP) is 7.06. The number of rotatable bonds is 12. The number of anilines is 2. The van der Waals surface area contributed by atoms with Gasteiger partial charge in [-0.3, -0.25) is 0 Å². The third-order valence-electron chi connectivity index (χ3n) is 6.25. The Morgan fingerprint density at radius 2 is 1.83 bits per heavy atom. The van der Waals surface area contributed by atoms with E-state index in [1.807, 2.05) is 50.4 Å². The number of pyridine rings is 1. The minimum absolute atomic E-state index is 0.312. The van der Waals surface area contributed by atoms with Crippen LogP contribution in [0.2, 0.25) is 0 Å². The fourth-order valence-corrected chi connectivity index (χ4v) is 4.29. The van der Waals surface area contributed by atoms with Crippen molar-refractivity contribution >= 4 is 11.5 Å². The normalized spacial score (nSPS) is 15.7. The Bertz CT molecular complexity index is 1060. The summed E-state index contributed by atoms with van der Waals surface area (Å²) in [4.78, 5) is 7.06. The largest absolute Gasteiger partial charge is 0.399 e. The van der Waals surface area contributed by atoms with Crippen molar-refractivity contribution < 1.29 is 0 Å². The van der Waals surface area contributed by atoms with Crippen LogP contribution in [0.3, 0.4) is 0 Å². The molecule has 0 atom stereocenters. The highest BCUT2D eigenvalue weighted by molar-refractivity contribution is 5.64. The lowest BCUT2D eigenvalue weighted by atomic mass is 9.99. The van der Waals surface area contributed by atoms with Crippen molar-refractivity contribution in [1.82, 2.24) is 10.3 Å². The van der Waals surface area contributed by atoms with E-state index in [9.17, 15) is 0 Å². The maximum Gasteiger partial charge on any atom is 0.133 e. The molecule has 0 aliphatic carbocycles. The van der Waals surface area contributed by atoms with E-state index in [1.165, 1.54) is 19.3 Å². The molecule has 1 aliphatic heterocycles. The molecule has 194 valence electrons. The van der Waals surface area contributed by atoms with Crippen LogP contribution in [-0.2, 0) is 0 Å². The Morgan fingerprint density at radius 1 is 1.14 bits per heavy atom. The summed E-state index contributed by atoms with van der Waals surface area (Å²) in [6.07, 6.45) is 16.1. The zero-order valence-corrected chi connectivity index (χ0v) is 23.0. The Balaban J connectivity index is 2.23. The van der Waals surface area contributed by atoms with E-state index in [1.54, 1.807) is 0 Å². The number of allylic oxidation sites excluding steroid dienone is 9. The summed E-state index contributed by atoms with van der Waals surface area (Å²) in [7, 11) is 0. The summed E-state index contributed by atoms with van der Waals surface area (Å²) in [5.74, 6) is 1.06. The van der Waals surface area contributed by atoms with Crippen molar-refractivity contribution in [2.75, 3.05) is 23.3 Å². The molecule has 5 heteroatoms. The first-order valence-corrected chi connectivity index (χ1v) is 12.9. The molecule has 36 heavy (non-hydrogen) atoms. The molecule has 2 rings (SSSR count). The second kappa shape index (κ2) is 14.2. The molecule has 2 heterocycles. The minimum Gasteiger partial charge on any atom is -0.399 e. The molecular formula is C31H45N5. The van der Waals surface area contributed by atoms with Gasteiger partial charge >= 0.3 is 0 Å². The Hall–Kier alpha value is -3.47. The SMILES string of the molecule is C=C/C(=C\C(=C/C)C(=C)/C=C(CC(=C)Nc1ccnc(N2CCCCC2)c1C)\C(N)=C/C)NC(C)C. The second-order valence-corrected chi connectivity index (χ2v) is 9.55. The monoisotopic (exact) mass is 487 g/mol. The molecule has 0 aromatic carbocycles. The van der Waals surface area contributed by atoms with Gasteiger partial charge in [0.1, 0.15) is 5.82 Å². The van der Waals surface area contributed by atoms with Gasteiger partial charge in [-0.05, 0) is 94.9 Å². The van der Waals surface area contributed by atoms with Crippen molar-refractivity contribution in [3.63, 3.8) is 0 Å². The van der Waals surface area contributed by atoms with Gasteiger partial charge in [0, 0.05) is 60.1 Å². The third kappa shape index (κ3) is 8.33. The summed E-state index contributed by atoms with van der Waals surface area (Å²) in [6.45, 7) is 25.0. The van der Waals surface area contributed by atoms with E-state index in [2.05, 4.69) is 67.1 Å². The molecule has 0 bridgehead atoms. The van der Waals surface area contributed by atoms with Gasteiger partial charge in [0.05, 0.1) is 0 Å². The van der Waals surface area contributed by atoms with Gasteiger partial charge in [-0.25, -0.2) is 4.98 Å². The van der Waals surface area contributed by atoms with E-state index in [4.69, 9.17) is 5.73 Å². The fraction of sp³-hybridized carbons (Fsp3) is 0.387. The summed E-state index contributed by atoms with van der Waals surface area (Å²) < 4.78 is 0. The summed E-state index contributed by atoms with van der Waals surface area (Å²) >= 11 is 0. The predicted molar refractivity (Wildman–Crippen MR) is 158 cm³/mol. The Morgan fingerprint density at radius 3 is 2.42 bits per heavy atom. The van der Waals surface area contributed by atoms with E-state index in [-0.39, 0.29) is 0 Å². The van der Waals surface area contributed by atoms with Gasteiger partial charge in [-0.15, -0.1) is 0 Å². The highest BCUT2D eigenvalue weighted by atomic mass is 15.2. The summed E-state index contributed by atoms with van der Waals surface area (Å²) in [5, 5.41) is 6.92. The molecule has 1 saturated heterocycles. The van der Waals surface area contributed by atoms with Crippen LogP contribution in [0.1, 0.15) is 58.9 Å². The van der Waals surface area contributed by atoms with Crippen LogP contribution in [0.5, 0.6) is 0 Å². The van der Waals surface area contributed by atoms with Crippen molar-refractivity contribution in [1.29, 1.82) is 0 Å². The lowest BCUT2D eigenvalue weighted by Gasteiger charge is -2.29. The topological polar surface area (TPSA) is 66.2 Å². The number of aromatic nitrogens is 1. The lowest BCUT2D eigenvalue weighted by Crippen LogP contribution is -2.30. The van der Waals surface area contributed by atoms with Crippen LogP contribution < -0.4 is 21.3 Å². The molecule has 0 unspecified atom stereocenters. The molecular weight excluding hydrogens is 442 g/mol. The van der Waals surface area contributed by atoms with Crippen molar-refractivity contribution in [3.8, 4) is 0 Å². The highest BCUT2D eigenvalue weighted by Gasteiger charge is 2.16. The molecule has 4 N–H and O–H groups in total. The first kappa shape index (κ1) is 28.8. The van der Waals surface area contributed by atoms with Crippen molar-refractivity contribution in [2.24, 2.45) is 5.73 Å². The second-order valence-electron chi connectivity index (χ2n) is 9.55. The molecule has 0 amide bonds. The number of hydrogen-bond donors (Lipinski definition) is 3. The molecule has 0 saturated carbocycles. The molecule has 0 spiro atoms. The van der Waals surface area contributed by atoms with Crippen LogP contribution in [0.15, 0.2) is 96.2 Å². The molecule has 1 aliphatic rings. The zero-order valence-electron chi connectivity index (χ0n) is 23.0. The number of nitrogens with one attached hydrogen (secondary N) is 2. The maximum atomic E-state index is 6.40. The number of piperidine rings is 1.